The fourth-order valence-electron chi connectivity index (χ4n) is 8.05. The van der Waals surface area contributed by atoms with Crippen molar-refractivity contribution in [2.24, 2.45) is 28.3 Å². The molecule has 0 spiro atoms. The number of rotatable bonds is 28. The normalized spacial score (nSPS) is 16.0. The van der Waals surface area contributed by atoms with Gasteiger partial charge in [0.25, 0.3) is 0 Å². The van der Waals surface area contributed by atoms with Gasteiger partial charge in [0.1, 0.15) is 48.0 Å². The first-order chi connectivity index (χ1) is 34.2. The van der Waals surface area contributed by atoms with Gasteiger partial charge in [-0.15, -0.1) is 0 Å². The summed E-state index contributed by atoms with van der Waals surface area (Å²) in [6.45, 7) is 7.20. The number of guanidine groups is 1. The van der Waals surface area contributed by atoms with Gasteiger partial charge in [-0.25, -0.2) is 9.78 Å². The van der Waals surface area contributed by atoms with Crippen LogP contribution in [0.25, 0.3) is 0 Å². The van der Waals surface area contributed by atoms with Crippen LogP contribution in [0.5, 0.6) is 5.75 Å². The van der Waals surface area contributed by atoms with Crippen molar-refractivity contribution in [3.63, 3.8) is 0 Å². The van der Waals surface area contributed by atoms with Crippen LogP contribution in [0, 0.1) is 11.8 Å². The van der Waals surface area contributed by atoms with Crippen LogP contribution in [0.3, 0.4) is 0 Å². The standard InChI is InChI=1S/C49H71N13O10/c1-7-29(4)41(45(68)57-35(24-32-25-53-27-55-32)46(69)62-21-19-37(62)43(66)58-36(48(71)72)22-30-12-9-8-10-13-30)60-44(67)38(23-31-15-17-33(63)18-16-31)61(6)47(70)40(28(2)3)59-42(65)34(56-39(64)26-52-5)14-11-20-54-49(50)51/h8-10,12-13,15-18,25,27-29,34-38,40-41,52,63H,7,11,14,19-24,26H2,1-6H3,(H,53,55)(H,56,64)(H,57,68)(H,58,66)(H,59,65)(H,60,67)(H,71,72)(H4,50,51,54)/t29-,34-,35-,36-,37-,38-,40-,41-/m0/s1. The zero-order valence-electron chi connectivity index (χ0n) is 41.7. The van der Waals surface area contributed by atoms with Crippen molar-refractivity contribution < 1.29 is 48.6 Å². The summed E-state index contributed by atoms with van der Waals surface area (Å²) in [6, 6.07) is 6.38. The molecular weight excluding hydrogens is 931 g/mol. The molecule has 72 heavy (non-hydrogen) atoms. The summed E-state index contributed by atoms with van der Waals surface area (Å²) in [5, 5.41) is 36.4. The van der Waals surface area contributed by atoms with E-state index in [0.717, 1.165) is 0 Å². The van der Waals surface area contributed by atoms with E-state index < -0.39 is 101 Å². The quantitative estimate of drug-likeness (QED) is 0.0238. The number of aliphatic imine (C=N–C) groups is 1. The fourth-order valence-corrected chi connectivity index (χ4v) is 8.05. The van der Waals surface area contributed by atoms with Crippen LogP contribution < -0.4 is 43.4 Å². The smallest absolute Gasteiger partial charge is 0.326 e. The van der Waals surface area contributed by atoms with Crippen molar-refractivity contribution in [1.82, 2.24) is 51.7 Å². The monoisotopic (exact) mass is 1000 g/mol. The third-order valence-electron chi connectivity index (χ3n) is 12.5. The zero-order valence-corrected chi connectivity index (χ0v) is 41.7. The number of aromatic nitrogens is 2. The zero-order chi connectivity index (χ0) is 53.1. The number of aromatic hydroxyl groups is 1. The molecule has 1 saturated heterocycles. The van der Waals surface area contributed by atoms with E-state index in [9.17, 15) is 48.6 Å². The Hall–Kier alpha value is -7.56. The maximum absolute atomic E-state index is 14.7. The first-order valence-electron chi connectivity index (χ1n) is 24.0. The average molecular weight is 1000 g/mol. The van der Waals surface area contributed by atoms with E-state index in [4.69, 9.17) is 11.5 Å². The van der Waals surface area contributed by atoms with Gasteiger partial charge in [-0.2, -0.15) is 0 Å². The Bertz CT molecular complexity index is 2330. The Morgan fingerprint density at radius 1 is 0.833 bits per heavy atom. The van der Waals surface area contributed by atoms with Gasteiger partial charge in [-0.3, -0.25) is 38.6 Å². The molecule has 0 saturated carbocycles. The van der Waals surface area contributed by atoms with Crippen LogP contribution in [0.15, 0.2) is 72.1 Å². The molecule has 0 aliphatic carbocycles. The van der Waals surface area contributed by atoms with Gasteiger partial charge in [0, 0.05) is 51.3 Å². The number of nitrogens with two attached hydrogens (primary N) is 2. The number of likely N-dealkylation sites (N-methyl/N-ethyl adjacent to an activating group) is 2. The van der Waals surface area contributed by atoms with Gasteiger partial charge in [-0.05, 0) is 61.4 Å². The van der Waals surface area contributed by atoms with E-state index in [0.29, 0.717) is 29.7 Å². The maximum Gasteiger partial charge on any atom is 0.326 e. The van der Waals surface area contributed by atoms with Crippen molar-refractivity contribution >= 4 is 53.3 Å². The Kier molecular flexibility index (Phi) is 22.0. The lowest BCUT2D eigenvalue weighted by molar-refractivity contribution is -0.151. The maximum atomic E-state index is 14.7. The molecule has 13 N–H and O–H groups in total. The molecule has 23 heteroatoms. The Morgan fingerprint density at radius 2 is 1.50 bits per heavy atom. The van der Waals surface area contributed by atoms with E-state index in [2.05, 4.69) is 46.9 Å². The summed E-state index contributed by atoms with van der Waals surface area (Å²) in [6.07, 6.45) is 3.79. The summed E-state index contributed by atoms with van der Waals surface area (Å²) < 4.78 is 0. The molecule has 0 bridgehead atoms. The van der Waals surface area contributed by atoms with Crippen molar-refractivity contribution in [3.8, 4) is 5.75 Å². The Morgan fingerprint density at radius 3 is 2.07 bits per heavy atom. The minimum Gasteiger partial charge on any atom is -0.508 e. The molecule has 2 heterocycles. The second kappa shape index (κ2) is 27.7. The third-order valence-corrected chi connectivity index (χ3v) is 12.5. The SMILES string of the molecule is CC[C@H](C)[C@H](NC(=O)[C@H](Cc1ccc(O)cc1)N(C)C(=O)[C@@H](NC(=O)[C@H](CCCN=C(N)N)NC(=O)CNC)C(C)C)C(=O)N[C@@H](Cc1cnc[nH]1)C(=O)N1CC[C@H]1C(=O)N[C@@H](Cc1ccccc1)C(=O)O. The number of carbonyl (C=O) groups excluding carboxylic acids is 7. The predicted octanol–water partition coefficient (Wildman–Crippen LogP) is -0.945. The molecule has 0 unspecified atom stereocenters. The van der Waals surface area contributed by atoms with E-state index in [1.807, 2.05) is 6.92 Å². The molecule has 392 valence electrons. The topological polar surface area (TPSA) is 349 Å². The number of phenols is 1. The molecule has 1 aliphatic rings. The van der Waals surface area contributed by atoms with Crippen LogP contribution >= 0.6 is 0 Å². The predicted molar refractivity (Wildman–Crippen MR) is 266 cm³/mol. The molecule has 23 nitrogen and oxygen atoms in total. The van der Waals surface area contributed by atoms with Crippen molar-refractivity contribution in [2.45, 2.75) is 115 Å². The van der Waals surface area contributed by atoms with E-state index >= 15 is 0 Å². The highest BCUT2D eigenvalue weighted by Crippen LogP contribution is 2.22. The number of aliphatic carboxylic acids is 1. The van der Waals surface area contributed by atoms with E-state index in [-0.39, 0.29) is 63.4 Å². The van der Waals surface area contributed by atoms with E-state index in [1.165, 1.54) is 41.5 Å². The number of carboxylic acid groups (broad SMARTS) is 1. The summed E-state index contributed by atoms with van der Waals surface area (Å²) >= 11 is 0. The number of carboxylic acids is 1. The lowest BCUT2D eigenvalue weighted by atomic mass is 9.95. The number of aromatic amines is 1. The average Bonchev–Trinajstić information content (AvgIpc) is 3.85. The highest BCUT2D eigenvalue weighted by molar-refractivity contribution is 5.98. The molecule has 3 aromatic rings. The molecule has 1 fully saturated rings. The molecule has 8 atom stereocenters. The van der Waals surface area contributed by atoms with Gasteiger partial charge >= 0.3 is 5.97 Å². The van der Waals surface area contributed by atoms with Crippen LogP contribution in [0.2, 0.25) is 0 Å². The van der Waals surface area contributed by atoms with Crippen molar-refractivity contribution in [2.75, 3.05) is 33.7 Å². The van der Waals surface area contributed by atoms with E-state index in [1.54, 1.807) is 70.3 Å². The number of carbonyl (C=O) groups is 8. The fraction of sp³-hybridized carbons (Fsp3) is 0.510. The molecular formula is C49H71N13O10. The molecule has 2 aromatic carbocycles. The first-order valence-corrected chi connectivity index (χ1v) is 24.0. The number of nitrogens with one attached hydrogen (secondary N) is 7. The van der Waals surface area contributed by atoms with Crippen LogP contribution in [0.4, 0.5) is 0 Å². The lowest BCUT2D eigenvalue weighted by Gasteiger charge is -2.42. The number of likely N-dealkylation sites (tertiary alicyclic amines) is 1. The number of imidazole rings is 1. The number of phenolic OH excluding ortho intramolecular Hbond substituents is 1. The van der Waals surface area contributed by atoms with Gasteiger partial charge < -0.3 is 68.4 Å². The summed E-state index contributed by atoms with van der Waals surface area (Å²) in [5.41, 5.74) is 12.6. The largest absolute Gasteiger partial charge is 0.508 e. The minimum absolute atomic E-state index is 0.0147. The van der Waals surface area contributed by atoms with Gasteiger partial charge in [0.2, 0.25) is 41.4 Å². The van der Waals surface area contributed by atoms with Crippen LogP contribution in [-0.4, -0.2) is 159 Å². The number of hydrogen-bond acceptors (Lipinski definition) is 12. The van der Waals surface area contributed by atoms with Crippen LogP contribution in [0.1, 0.15) is 70.2 Å². The number of benzene rings is 2. The first kappa shape index (κ1) is 57.0. The van der Waals surface area contributed by atoms with Gasteiger partial charge in [0.15, 0.2) is 5.96 Å². The molecule has 0 radical (unpaired) electrons. The number of hydrogen-bond donors (Lipinski definition) is 11. The number of H-pyrrole nitrogens is 1. The highest BCUT2D eigenvalue weighted by atomic mass is 16.4. The summed E-state index contributed by atoms with van der Waals surface area (Å²) in [7, 11) is 2.97. The number of nitrogens with zero attached hydrogens (tertiary/aromatic N) is 4. The summed E-state index contributed by atoms with van der Waals surface area (Å²) in [4.78, 5) is 124. The molecule has 7 amide bonds. The molecule has 1 aliphatic heterocycles. The lowest BCUT2D eigenvalue weighted by Crippen LogP contribution is -2.65. The highest BCUT2D eigenvalue weighted by Gasteiger charge is 2.43. The second-order valence-electron chi connectivity index (χ2n) is 18.3. The second-order valence-corrected chi connectivity index (χ2v) is 18.3. The van der Waals surface area contributed by atoms with Crippen molar-refractivity contribution in [1.29, 1.82) is 0 Å². The summed E-state index contributed by atoms with van der Waals surface area (Å²) in [5.74, 6) is -7.02. The Labute approximate surface area is 419 Å². The third kappa shape index (κ3) is 16.8. The van der Waals surface area contributed by atoms with Gasteiger partial charge in [-0.1, -0.05) is 76.6 Å². The molecule has 1 aromatic heterocycles. The van der Waals surface area contributed by atoms with Crippen molar-refractivity contribution in [3.05, 3.63) is 83.9 Å². The van der Waals surface area contributed by atoms with Crippen LogP contribution in [-0.2, 0) is 57.6 Å². The molecule has 4 rings (SSSR count). The Balaban J connectivity index is 1.59. The number of amides is 7. The minimum atomic E-state index is -1.30. The van der Waals surface area contributed by atoms with Gasteiger partial charge in [0.05, 0.1) is 12.9 Å².